The van der Waals surface area contributed by atoms with E-state index in [4.69, 9.17) is 28.0 Å². The number of imidazole rings is 1. The zero-order valence-electron chi connectivity index (χ0n) is 15.6. The third-order valence-electron chi connectivity index (χ3n) is 5.48. The molecule has 8 nitrogen and oxygen atoms in total. The Morgan fingerprint density at radius 2 is 2.24 bits per heavy atom. The molecule has 2 aliphatic rings. The number of aromatic hydroxyl groups is 1. The van der Waals surface area contributed by atoms with Gasteiger partial charge in [-0.15, -0.1) is 12.3 Å². The molecule has 0 spiro atoms. The van der Waals surface area contributed by atoms with Crippen LogP contribution in [0.3, 0.4) is 0 Å². The molecule has 1 fully saturated rings. The molecule has 0 radical (unpaired) electrons. The number of hydrogen-bond acceptors (Lipinski definition) is 5. The Kier molecular flexibility index (Phi) is 4.52. The molecule has 0 aliphatic carbocycles. The number of ether oxygens (including phenoxy) is 1. The molecule has 148 valence electrons. The lowest BCUT2D eigenvalue weighted by Gasteiger charge is -2.26. The number of nitriles is 1. The molecule has 2 atom stereocenters. The number of aromatic nitrogens is 2. The van der Waals surface area contributed by atoms with E-state index in [-0.39, 0.29) is 29.1 Å². The molecular weight excluding hydrogens is 396 g/mol. The van der Waals surface area contributed by atoms with Crippen molar-refractivity contribution in [1.82, 2.24) is 14.0 Å². The van der Waals surface area contributed by atoms with Gasteiger partial charge in [0.2, 0.25) is 5.88 Å². The first kappa shape index (κ1) is 19.0. The van der Waals surface area contributed by atoms with Crippen molar-refractivity contribution in [3.05, 3.63) is 44.5 Å². The summed E-state index contributed by atoms with van der Waals surface area (Å²) in [5, 5.41) is 20.2. The second-order valence-electron chi connectivity index (χ2n) is 7.01. The zero-order chi connectivity index (χ0) is 20.9. The highest BCUT2D eigenvalue weighted by atomic mass is 35.5. The molecular formula is C20H17ClN4O4. The van der Waals surface area contributed by atoms with Crippen LogP contribution in [0.15, 0.2) is 16.9 Å². The monoisotopic (exact) mass is 412 g/mol. The fourth-order valence-electron chi connectivity index (χ4n) is 4.15. The summed E-state index contributed by atoms with van der Waals surface area (Å²) in [6, 6.07) is 4.36. The Balaban J connectivity index is 1.74. The van der Waals surface area contributed by atoms with Gasteiger partial charge in [-0.2, -0.15) is 5.26 Å². The van der Waals surface area contributed by atoms with Crippen LogP contribution in [0.4, 0.5) is 4.79 Å². The van der Waals surface area contributed by atoms with E-state index in [2.05, 4.69) is 5.92 Å². The summed E-state index contributed by atoms with van der Waals surface area (Å²) in [6.07, 6.45) is 5.51. The number of carbonyl (C=O) groups excluding carboxylic acids is 1. The van der Waals surface area contributed by atoms with Crippen molar-refractivity contribution in [2.75, 3.05) is 13.2 Å². The lowest BCUT2D eigenvalue weighted by molar-refractivity contribution is 0.0946. The summed E-state index contributed by atoms with van der Waals surface area (Å²) in [5.74, 6) is 2.16. The number of terminal acetylenes is 1. The standard InChI is InChI=1S/C20H17ClN4O4/c1-3-4-7-29-20(28)23-10-13-8-15(23)17-18(26)25(19(27)24(13)17)14-6-5-12(9-22)16(21)11(14)2/h1,5-6,13,15,26H,4,7-8,10H2,2H3/t13-,15-/m0/s1. The Hall–Kier alpha value is -3.36. The van der Waals surface area contributed by atoms with Crippen LogP contribution in [-0.2, 0) is 4.74 Å². The lowest BCUT2D eigenvalue weighted by atomic mass is 10.1. The molecule has 1 amide bonds. The van der Waals surface area contributed by atoms with Crippen molar-refractivity contribution in [2.45, 2.75) is 31.8 Å². The van der Waals surface area contributed by atoms with Crippen LogP contribution in [0.2, 0.25) is 5.02 Å². The lowest BCUT2D eigenvalue weighted by Crippen LogP contribution is -2.38. The van der Waals surface area contributed by atoms with Crippen molar-refractivity contribution >= 4 is 17.7 Å². The topological polar surface area (TPSA) is 100 Å². The minimum atomic E-state index is -0.517. The van der Waals surface area contributed by atoms with E-state index in [1.165, 1.54) is 20.1 Å². The van der Waals surface area contributed by atoms with E-state index in [9.17, 15) is 14.7 Å². The number of benzene rings is 1. The third-order valence-corrected chi connectivity index (χ3v) is 5.97. The van der Waals surface area contributed by atoms with E-state index >= 15 is 0 Å². The van der Waals surface area contributed by atoms with Gasteiger partial charge in [0, 0.05) is 13.0 Å². The van der Waals surface area contributed by atoms with Gasteiger partial charge in [-0.25, -0.2) is 14.2 Å². The predicted octanol–water partition coefficient (Wildman–Crippen LogP) is 2.64. The molecule has 1 aromatic carbocycles. The van der Waals surface area contributed by atoms with Gasteiger partial charge in [-0.05, 0) is 31.0 Å². The molecule has 2 aliphatic heterocycles. The van der Waals surface area contributed by atoms with Crippen LogP contribution in [0.5, 0.6) is 5.88 Å². The van der Waals surface area contributed by atoms with E-state index in [0.29, 0.717) is 36.3 Å². The van der Waals surface area contributed by atoms with Crippen molar-refractivity contribution in [2.24, 2.45) is 0 Å². The summed E-state index contributed by atoms with van der Waals surface area (Å²) in [6.45, 7) is 2.12. The third kappa shape index (κ3) is 2.68. The average molecular weight is 413 g/mol. The number of fused-ring (bicyclic) bond motifs is 5. The Labute approximate surface area is 171 Å². The number of nitrogens with zero attached hydrogens (tertiary/aromatic N) is 4. The van der Waals surface area contributed by atoms with Crippen LogP contribution in [-0.4, -0.2) is 38.4 Å². The highest BCUT2D eigenvalue weighted by Crippen LogP contribution is 2.49. The summed E-state index contributed by atoms with van der Waals surface area (Å²) in [5.41, 5.74) is 1.15. The molecule has 0 saturated carbocycles. The minimum Gasteiger partial charge on any atom is -0.493 e. The first-order valence-corrected chi connectivity index (χ1v) is 9.41. The van der Waals surface area contributed by atoms with Gasteiger partial charge in [0.25, 0.3) is 0 Å². The molecule has 1 saturated heterocycles. The molecule has 2 aromatic rings. The quantitative estimate of drug-likeness (QED) is 0.617. The van der Waals surface area contributed by atoms with Gasteiger partial charge in [-0.1, -0.05) is 11.6 Å². The molecule has 1 aromatic heterocycles. The highest BCUT2D eigenvalue weighted by molar-refractivity contribution is 6.32. The van der Waals surface area contributed by atoms with Crippen molar-refractivity contribution in [3.63, 3.8) is 0 Å². The molecule has 4 rings (SSSR count). The first-order chi connectivity index (χ1) is 13.9. The maximum Gasteiger partial charge on any atom is 0.410 e. The van der Waals surface area contributed by atoms with E-state index in [1.54, 1.807) is 13.0 Å². The summed E-state index contributed by atoms with van der Waals surface area (Å²) >= 11 is 6.23. The maximum absolute atomic E-state index is 13.1. The fraction of sp³-hybridized carbons (Fsp3) is 0.350. The molecule has 0 unspecified atom stereocenters. The first-order valence-electron chi connectivity index (χ1n) is 9.03. The largest absolute Gasteiger partial charge is 0.493 e. The highest BCUT2D eigenvalue weighted by Gasteiger charge is 2.49. The molecule has 9 heteroatoms. The van der Waals surface area contributed by atoms with Crippen LogP contribution < -0.4 is 5.69 Å². The van der Waals surface area contributed by atoms with Gasteiger partial charge in [0.05, 0.1) is 28.4 Å². The normalized spacial score (nSPS) is 19.0. The second kappa shape index (κ2) is 6.91. The van der Waals surface area contributed by atoms with E-state index in [1.807, 2.05) is 6.07 Å². The number of carbonyl (C=O) groups is 1. The van der Waals surface area contributed by atoms with Gasteiger partial charge in [-0.3, -0.25) is 9.47 Å². The zero-order valence-corrected chi connectivity index (χ0v) is 16.3. The van der Waals surface area contributed by atoms with Gasteiger partial charge < -0.3 is 9.84 Å². The number of hydrogen-bond donors (Lipinski definition) is 1. The molecule has 1 N–H and O–H groups in total. The second-order valence-corrected chi connectivity index (χ2v) is 7.38. The van der Waals surface area contributed by atoms with Crippen LogP contribution >= 0.6 is 11.6 Å². The SMILES string of the molecule is C#CCCOC(=O)N1C[C@@H]2C[C@H]1c1c(O)n(-c3ccc(C#N)c(Cl)c3C)c(=O)n12. The Morgan fingerprint density at radius 1 is 1.48 bits per heavy atom. The summed E-state index contributed by atoms with van der Waals surface area (Å²) < 4.78 is 7.87. The minimum absolute atomic E-state index is 0.117. The molecule has 2 bridgehead atoms. The maximum atomic E-state index is 13.1. The fourth-order valence-corrected chi connectivity index (χ4v) is 4.35. The predicted molar refractivity (Wildman–Crippen MR) is 104 cm³/mol. The Bertz CT molecular complexity index is 1170. The molecule has 29 heavy (non-hydrogen) atoms. The summed E-state index contributed by atoms with van der Waals surface area (Å²) in [4.78, 5) is 27.0. The van der Waals surface area contributed by atoms with Crippen molar-refractivity contribution < 1.29 is 14.6 Å². The van der Waals surface area contributed by atoms with Crippen LogP contribution in [0.25, 0.3) is 5.69 Å². The summed E-state index contributed by atoms with van der Waals surface area (Å²) in [7, 11) is 0. The van der Waals surface area contributed by atoms with Crippen LogP contribution in [0, 0.1) is 30.6 Å². The average Bonchev–Trinajstić information content (AvgIpc) is 3.36. The Morgan fingerprint density at radius 3 is 2.93 bits per heavy atom. The van der Waals surface area contributed by atoms with Crippen molar-refractivity contribution in [3.8, 4) is 30.0 Å². The number of amides is 1. The number of likely N-dealkylation sites (tertiary alicyclic amines) is 1. The van der Waals surface area contributed by atoms with Gasteiger partial charge in [0.15, 0.2) is 0 Å². The van der Waals surface area contributed by atoms with E-state index < -0.39 is 17.8 Å². The van der Waals surface area contributed by atoms with Gasteiger partial charge >= 0.3 is 11.8 Å². The smallest absolute Gasteiger partial charge is 0.410 e. The van der Waals surface area contributed by atoms with Gasteiger partial charge in [0.1, 0.15) is 18.4 Å². The molecule has 3 heterocycles. The van der Waals surface area contributed by atoms with E-state index in [0.717, 1.165) is 0 Å². The van der Waals surface area contributed by atoms with Crippen molar-refractivity contribution in [1.29, 1.82) is 5.26 Å². The number of halogens is 1. The number of rotatable bonds is 3. The van der Waals surface area contributed by atoms with Crippen LogP contribution in [0.1, 0.15) is 41.7 Å².